The predicted molar refractivity (Wildman–Crippen MR) is 151 cm³/mol. The summed E-state index contributed by atoms with van der Waals surface area (Å²) >= 11 is 1.69. The number of carboxylic acids is 1. The second kappa shape index (κ2) is 10.9. The van der Waals surface area contributed by atoms with Gasteiger partial charge in [0.05, 0.1) is 11.1 Å². The highest BCUT2D eigenvalue weighted by Gasteiger charge is 2.38. The summed E-state index contributed by atoms with van der Waals surface area (Å²) in [5.74, 6) is -0.127. The van der Waals surface area contributed by atoms with Gasteiger partial charge in [-0.25, -0.2) is 4.39 Å². The van der Waals surface area contributed by atoms with E-state index in [9.17, 15) is 19.1 Å². The minimum Gasteiger partial charge on any atom is -0.480 e. The number of carboxylic acid groups (broad SMARTS) is 1. The van der Waals surface area contributed by atoms with Gasteiger partial charge in [-0.2, -0.15) is 11.3 Å². The monoisotopic (exact) mass is 545 g/mol. The molecule has 6 nitrogen and oxygen atoms in total. The fourth-order valence-corrected chi connectivity index (χ4v) is 7.21. The van der Waals surface area contributed by atoms with E-state index in [0.717, 1.165) is 37.9 Å². The van der Waals surface area contributed by atoms with E-state index in [2.05, 4.69) is 21.7 Å². The molecule has 39 heavy (non-hydrogen) atoms. The van der Waals surface area contributed by atoms with Crippen molar-refractivity contribution >= 4 is 34.1 Å². The Morgan fingerprint density at radius 2 is 1.77 bits per heavy atom. The highest BCUT2D eigenvalue weighted by molar-refractivity contribution is 7.08. The third-order valence-electron chi connectivity index (χ3n) is 8.45. The van der Waals surface area contributed by atoms with Gasteiger partial charge in [0.25, 0.3) is 5.91 Å². The van der Waals surface area contributed by atoms with Gasteiger partial charge in [0.1, 0.15) is 12.4 Å². The number of aromatic nitrogens is 1. The number of nitrogens with zero attached hydrogens (tertiary/aromatic N) is 3. The third-order valence-corrected chi connectivity index (χ3v) is 9.15. The number of halogens is 1. The molecule has 2 aliphatic rings. The number of likely N-dealkylation sites (tertiary alicyclic amines) is 2. The lowest BCUT2D eigenvalue weighted by Gasteiger charge is -2.34. The molecule has 0 bridgehead atoms. The Morgan fingerprint density at radius 1 is 0.974 bits per heavy atom. The van der Waals surface area contributed by atoms with Crippen LogP contribution in [0.25, 0.3) is 10.9 Å². The topological polar surface area (TPSA) is 65.8 Å². The van der Waals surface area contributed by atoms with Crippen LogP contribution >= 0.6 is 11.3 Å². The van der Waals surface area contributed by atoms with Crippen LogP contribution in [0.4, 0.5) is 4.39 Å². The van der Waals surface area contributed by atoms with Crippen LogP contribution in [-0.4, -0.2) is 64.1 Å². The highest BCUT2D eigenvalue weighted by atomic mass is 32.1. The smallest absolute Gasteiger partial charge is 0.323 e. The van der Waals surface area contributed by atoms with Crippen molar-refractivity contribution in [1.29, 1.82) is 0 Å². The van der Waals surface area contributed by atoms with Gasteiger partial charge in [0.2, 0.25) is 0 Å². The summed E-state index contributed by atoms with van der Waals surface area (Å²) in [4.78, 5) is 29.8. The van der Waals surface area contributed by atoms with E-state index in [1.807, 2.05) is 41.3 Å². The molecule has 2 aromatic carbocycles. The second-order valence-electron chi connectivity index (χ2n) is 10.8. The first-order valence-corrected chi connectivity index (χ1v) is 14.5. The zero-order valence-corrected chi connectivity index (χ0v) is 22.5. The normalized spacial score (nSPS) is 20.6. The van der Waals surface area contributed by atoms with Gasteiger partial charge in [-0.15, -0.1) is 0 Å². The number of thiophene rings is 1. The molecule has 6 rings (SSSR count). The standard InChI is InChI=1S/C31H32FN3O3S/c32-26-6-4-21(5-7-26)22-8-12-33(13-9-22)16-25-17-35(18-28(25)24-11-15-39-20-24)31(38)27-3-1-2-23-10-14-34(30(23)27)19-29(36)37/h1-7,10-11,14-15,20,22,25,28H,8-9,12-13,16-19H2,(H,36,37). The third kappa shape index (κ3) is 5.36. The molecule has 1 amide bonds. The maximum absolute atomic E-state index is 13.9. The first kappa shape index (κ1) is 25.8. The Morgan fingerprint density at radius 3 is 2.49 bits per heavy atom. The summed E-state index contributed by atoms with van der Waals surface area (Å²) in [5, 5.41) is 14.5. The summed E-state index contributed by atoms with van der Waals surface area (Å²) in [6, 6.07) is 16.6. The van der Waals surface area contributed by atoms with Crippen LogP contribution in [0.15, 0.2) is 71.6 Å². The molecule has 2 fully saturated rings. The van der Waals surface area contributed by atoms with Crippen molar-refractivity contribution in [3.8, 4) is 0 Å². The summed E-state index contributed by atoms with van der Waals surface area (Å²) < 4.78 is 15.0. The number of hydrogen-bond acceptors (Lipinski definition) is 4. The van der Waals surface area contributed by atoms with Gasteiger partial charge in [0.15, 0.2) is 0 Å². The minimum atomic E-state index is -0.934. The SMILES string of the molecule is O=C(O)Cn1ccc2cccc(C(=O)N3CC(CN4CCC(c5ccc(F)cc5)CC4)C(c4ccsc4)C3)c21. The van der Waals surface area contributed by atoms with E-state index >= 15 is 0 Å². The van der Waals surface area contributed by atoms with Gasteiger partial charge in [0, 0.05) is 37.1 Å². The van der Waals surface area contributed by atoms with Crippen molar-refractivity contribution in [1.82, 2.24) is 14.4 Å². The van der Waals surface area contributed by atoms with Crippen LogP contribution in [0, 0.1) is 11.7 Å². The van der Waals surface area contributed by atoms with Crippen molar-refractivity contribution in [2.45, 2.75) is 31.2 Å². The summed E-state index contributed by atoms with van der Waals surface area (Å²) in [6.07, 6.45) is 3.84. The number of fused-ring (bicyclic) bond motifs is 1. The predicted octanol–water partition coefficient (Wildman–Crippen LogP) is 5.66. The molecule has 2 atom stereocenters. The average Bonchev–Trinajstić information content (AvgIpc) is 3.69. The molecule has 0 saturated carbocycles. The number of rotatable bonds is 7. The van der Waals surface area contributed by atoms with Crippen LogP contribution < -0.4 is 0 Å². The Hall–Kier alpha value is -3.49. The number of carbonyl (C=O) groups is 2. The number of piperidine rings is 1. The van der Waals surface area contributed by atoms with Crippen LogP contribution in [0.5, 0.6) is 0 Å². The number of para-hydroxylation sites is 1. The zero-order chi connectivity index (χ0) is 26.9. The molecule has 0 aliphatic carbocycles. The molecule has 202 valence electrons. The number of hydrogen-bond donors (Lipinski definition) is 1. The molecular weight excluding hydrogens is 513 g/mol. The Labute approximate surface area is 231 Å². The average molecular weight is 546 g/mol. The van der Waals surface area contributed by atoms with Gasteiger partial charge in [-0.05, 0) is 90.0 Å². The maximum atomic E-state index is 13.9. The van der Waals surface area contributed by atoms with Crippen LogP contribution in [0.1, 0.15) is 46.2 Å². The molecule has 8 heteroatoms. The summed E-state index contributed by atoms with van der Waals surface area (Å²) in [5.41, 5.74) is 3.74. The van der Waals surface area contributed by atoms with E-state index in [1.165, 1.54) is 11.1 Å². The molecule has 4 heterocycles. The Balaban J connectivity index is 1.19. The largest absolute Gasteiger partial charge is 0.480 e. The van der Waals surface area contributed by atoms with E-state index in [0.29, 0.717) is 36.0 Å². The van der Waals surface area contributed by atoms with E-state index < -0.39 is 5.97 Å². The summed E-state index contributed by atoms with van der Waals surface area (Å²) in [6.45, 7) is 4.06. The molecule has 0 radical (unpaired) electrons. The van der Waals surface area contributed by atoms with Crippen molar-refractivity contribution < 1.29 is 19.1 Å². The number of benzene rings is 2. The van der Waals surface area contributed by atoms with Crippen LogP contribution in [0.2, 0.25) is 0 Å². The van der Waals surface area contributed by atoms with Crippen molar-refractivity contribution in [2.24, 2.45) is 5.92 Å². The summed E-state index contributed by atoms with van der Waals surface area (Å²) in [7, 11) is 0. The van der Waals surface area contributed by atoms with Crippen molar-refractivity contribution in [3.63, 3.8) is 0 Å². The molecule has 2 aromatic heterocycles. The quantitative estimate of drug-likeness (QED) is 0.325. The highest BCUT2D eigenvalue weighted by Crippen LogP contribution is 2.37. The number of amides is 1. The molecule has 1 N–H and O–H groups in total. The molecule has 4 aromatic rings. The van der Waals surface area contributed by atoms with Gasteiger partial charge in [-0.1, -0.05) is 24.3 Å². The number of carbonyl (C=O) groups excluding carboxylic acids is 1. The fourth-order valence-electron chi connectivity index (χ4n) is 6.48. The minimum absolute atomic E-state index is 0.0383. The van der Waals surface area contributed by atoms with Crippen LogP contribution in [-0.2, 0) is 11.3 Å². The fraction of sp³-hybridized carbons (Fsp3) is 0.355. The molecule has 0 spiro atoms. The second-order valence-corrected chi connectivity index (χ2v) is 11.6. The van der Waals surface area contributed by atoms with Gasteiger partial charge in [-0.3, -0.25) is 9.59 Å². The number of aliphatic carboxylic acids is 1. The molecule has 2 aliphatic heterocycles. The Bertz CT molecular complexity index is 1460. The lowest BCUT2D eigenvalue weighted by Crippen LogP contribution is -2.38. The first-order chi connectivity index (χ1) is 19.0. The molecule has 2 saturated heterocycles. The lowest BCUT2D eigenvalue weighted by molar-refractivity contribution is -0.137. The molecule has 2 unspecified atom stereocenters. The Kier molecular flexibility index (Phi) is 7.23. The van der Waals surface area contributed by atoms with E-state index in [1.54, 1.807) is 34.2 Å². The maximum Gasteiger partial charge on any atom is 0.323 e. The van der Waals surface area contributed by atoms with Crippen molar-refractivity contribution in [3.05, 3.63) is 94.1 Å². The van der Waals surface area contributed by atoms with E-state index in [-0.39, 0.29) is 24.2 Å². The van der Waals surface area contributed by atoms with Gasteiger partial charge < -0.3 is 19.5 Å². The lowest BCUT2D eigenvalue weighted by atomic mass is 9.87. The van der Waals surface area contributed by atoms with Crippen molar-refractivity contribution in [2.75, 3.05) is 32.7 Å². The zero-order valence-electron chi connectivity index (χ0n) is 21.7. The van der Waals surface area contributed by atoms with Gasteiger partial charge >= 0.3 is 5.97 Å². The van der Waals surface area contributed by atoms with Crippen LogP contribution in [0.3, 0.4) is 0 Å². The first-order valence-electron chi connectivity index (χ1n) is 13.5. The van der Waals surface area contributed by atoms with E-state index in [4.69, 9.17) is 0 Å². The molecular formula is C31H32FN3O3S.